The van der Waals surface area contributed by atoms with Crippen molar-refractivity contribution in [2.24, 2.45) is 0 Å². The van der Waals surface area contributed by atoms with E-state index in [2.05, 4.69) is 5.32 Å². The van der Waals surface area contributed by atoms with Crippen LogP contribution in [0.5, 0.6) is 11.5 Å². The second-order valence-electron chi connectivity index (χ2n) is 5.47. The molecule has 0 radical (unpaired) electrons. The highest BCUT2D eigenvalue weighted by Gasteiger charge is 2.11. The molecule has 26 heavy (non-hydrogen) atoms. The molecule has 0 unspecified atom stereocenters. The molecule has 0 aromatic heterocycles. The molecule has 2 aromatic carbocycles. The molecule has 1 N–H and O–H groups in total. The van der Waals surface area contributed by atoms with Crippen LogP contribution in [0.25, 0.3) is 0 Å². The van der Waals surface area contributed by atoms with E-state index in [-0.39, 0.29) is 5.91 Å². The van der Waals surface area contributed by atoms with Crippen molar-refractivity contribution in [1.29, 1.82) is 0 Å². The third-order valence-corrected chi connectivity index (χ3v) is 4.11. The summed E-state index contributed by atoms with van der Waals surface area (Å²) in [5.41, 5.74) is 0.535. The maximum absolute atomic E-state index is 12.2. The summed E-state index contributed by atoms with van der Waals surface area (Å²) in [5, 5.41) is 3.19. The van der Waals surface area contributed by atoms with Crippen molar-refractivity contribution < 1.29 is 14.3 Å². The smallest absolute Gasteiger partial charge is 0.257 e. The van der Waals surface area contributed by atoms with Crippen LogP contribution in [0.3, 0.4) is 0 Å². The molecule has 0 aliphatic rings. The third-order valence-electron chi connectivity index (χ3n) is 3.75. The summed E-state index contributed by atoms with van der Waals surface area (Å²) >= 11 is 5.24. The fraction of sp³-hybridized carbons (Fsp3) is 0.300. The minimum absolute atomic E-state index is 0.221. The predicted molar refractivity (Wildman–Crippen MR) is 107 cm³/mol. The van der Waals surface area contributed by atoms with Crippen LogP contribution in [0.1, 0.15) is 24.2 Å². The van der Waals surface area contributed by atoms with Crippen molar-refractivity contribution in [3.05, 3.63) is 60.2 Å². The number of nitrogens with zero attached hydrogens (tertiary/aromatic N) is 1. The molecule has 0 spiro atoms. The summed E-state index contributed by atoms with van der Waals surface area (Å²) in [6.45, 7) is 6.38. The Kier molecular flexibility index (Phi) is 7.89. The van der Waals surface area contributed by atoms with Gasteiger partial charge in [0.25, 0.3) is 5.91 Å². The van der Waals surface area contributed by atoms with Crippen LogP contribution in [-0.2, 0) is 0 Å². The van der Waals surface area contributed by atoms with Gasteiger partial charge in [0, 0.05) is 18.7 Å². The summed E-state index contributed by atoms with van der Waals surface area (Å²) in [4.78, 5) is 14.1. The lowest BCUT2D eigenvalue weighted by molar-refractivity contribution is 0.0973. The van der Waals surface area contributed by atoms with Crippen molar-refractivity contribution in [2.75, 3.05) is 26.3 Å². The zero-order valence-corrected chi connectivity index (χ0v) is 15.9. The standard InChI is InChI=1S/C20H24N2O3S/c1-3-22(4-2)20(26)21-19(23)16-10-12-18(13-11-16)25-15-14-24-17-8-6-5-7-9-17/h5-13H,3-4,14-15H2,1-2H3,(H,21,23,26). The first-order valence-corrected chi connectivity index (χ1v) is 9.05. The van der Waals surface area contributed by atoms with Crippen LogP contribution in [-0.4, -0.2) is 42.2 Å². The van der Waals surface area contributed by atoms with E-state index >= 15 is 0 Å². The Morgan fingerprint density at radius 3 is 2.00 bits per heavy atom. The van der Waals surface area contributed by atoms with E-state index in [0.717, 1.165) is 18.8 Å². The molecule has 5 nitrogen and oxygen atoms in total. The molecular weight excluding hydrogens is 348 g/mol. The summed E-state index contributed by atoms with van der Waals surface area (Å²) in [7, 11) is 0. The first-order chi connectivity index (χ1) is 12.6. The van der Waals surface area contributed by atoms with Gasteiger partial charge < -0.3 is 14.4 Å². The van der Waals surface area contributed by atoms with E-state index in [9.17, 15) is 4.79 Å². The molecule has 138 valence electrons. The molecular formula is C20H24N2O3S. The fourth-order valence-electron chi connectivity index (χ4n) is 2.30. The fourth-order valence-corrected chi connectivity index (χ4v) is 2.65. The number of hydrogen-bond donors (Lipinski definition) is 1. The number of benzene rings is 2. The van der Waals surface area contributed by atoms with Crippen LogP contribution in [0.2, 0.25) is 0 Å². The van der Waals surface area contributed by atoms with Gasteiger partial charge >= 0.3 is 0 Å². The van der Waals surface area contributed by atoms with Gasteiger partial charge in [0.15, 0.2) is 5.11 Å². The molecule has 0 atom stereocenters. The molecule has 0 fully saturated rings. The Balaban J connectivity index is 1.78. The van der Waals surface area contributed by atoms with E-state index in [4.69, 9.17) is 21.7 Å². The highest BCUT2D eigenvalue weighted by Crippen LogP contribution is 2.13. The maximum Gasteiger partial charge on any atom is 0.257 e. The number of ether oxygens (including phenoxy) is 2. The molecule has 0 saturated heterocycles. The second-order valence-corrected chi connectivity index (χ2v) is 5.85. The van der Waals surface area contributed by atoms with Gasteiger partial charge in [-0.2, -0.15) is 0 Å². The van der Waals surface area contributed by atoms with E-state index in [1.165, 1.54) is 0 Å². The maximum atomic E-state index is 12.2. The van der Waals surface area contributed by atoms with Crippen molar-refractivity contribution >= 4 is 23.2 Å². The molecule has 2 aromatic rings. The van der Waals surface area contributed by atoms with Crippen molar-refractivity contribution in [2.45, 2.75) is 13.8 Å². The quantitative estimate of drug-likeness (QED) is 0.568. The van der Waals surface area contributed by atoms with Gasteiger partial charge in [-0.1, -0.05) is 18.2 Å². The SMILES string of the molecule is CCN(CC)C(=S)NC(=O)c1ccc(OCCOc2ccccc2)cc1. The number of para-hydroxylation sites is 1. The third kappa shape index (κ3) is 6.04. The van der Waals surface area contributed by atoms with Gasteiger partial charge in [-0.25, -0.2) is 0 Å². The lowest BCUT2D eigenvalue weighted by Gasteiger charge is -2.21. The van der Waals surface area contributed by atoms with Gasteiger partial charge in [-0.3, -0.25) is 10.1 Å². The van der Waals surface area contributed by atoms with Gasteiger partial charge in [0.2, 0.25) is 0 Å². The first kappa shape index (κ1) is 19.7. The molecule has 2 rings (SSSR count). The summed E-state index contributed by atoms with van der Waals surface area (Å²) in [6, 6.07) is 16.5. The van der Waals surface area contributed by atoms with E-state index < -0.39 is 0 Å². The Hall–Kier alpha value is -2.60. The van der Waals surface area contributed by atoms with Gasteiger partial charge in [-0.05, 0) is 62.5 Å². The Morgan fingerprint density at radius 1 is 0.923 bits per heavy atom. The molecule has 6 heteroatoms. The van der Waals surface area contributed by atoms with E-state index in [0.29, 0.717) is 29.6 Å². The largest absolute Gasteiger partial charge is 0.490 e. The Morgan fingerprint density at radius 2 is 1.46 bits per heavy atom. The van der Waals surface area contributed by atoms with E-state index in [1.54, 1.807) is 24.3 Å². The molecule has 0 saturated carbocycles. The predicted octanol–water partition coefficient (Wildman–Crippen LogP) is 3.50. The van der Waals surface area contributed by atoms with Crippen molar-refractivity contribution in [1.82, 2.24) is 10.2 Å². The summed E-state index contributed by atoms with van der Waals surface area (Å²) in [6.07, 6.45) is 0. The second kappa shape index (κ2) is 10.4. The van der Waals surface area contributed by atoms with Gasteiger partial charge in [0.05, 0.1) is 0 Å². The number of rotatable bonds is 8. The van der Waals surface area contributed by atoms with Crippen LogP contribution in [0.4, 0.5) is 0 Å². The highest BCUT2D eigenvalue weighted by molar-refractivity contribution is 7.80. The summed E-state index contributed by atoms with van der Waals surface area (Å²) in [5.74, 6) is 1.28. The normalized spacial score (nSPS) is 10.1. The Labute approximate surface area is 159 Å². The molecule has 0 aliphatic heterocycles. The lowest BCUT2D eigenvalue weighted by atomic mass is 10.2. The minimum atomic E-state index is -0.221. The average molecular weight is 372 g/mol. The van der Waals surface area contributed by atoms with E-state index in [1.807, 2.05) is 49.1 Å². The van der Waals surface area contributed by atoms with Crippen LogP contribution < -0.4 is 14.8 Å². The first-order valence-electron chi connectivity index (χ1n) is 8.65. The molecule has 0 aliphatic carbocycles. The van der Waals surface area contributed by atoms with Crippen LogP contribution in [0.15, 0.2) is 54.6 Å². The van der Waals surface area contributed by atoms with Crippen LogP contribution in [0, 0.1) is 0 Å². The Bertz CT molecular complexity index is 701. The molecule has 1 amide bonds. The minimum Gasteiger partial charge on any atom is -0.490 e. The zero-order chi connectivity index (χ0) is 18.8. The van der Waals surface area contributed by atoms with Crippen molar-refractivity contribution in [3.8, 4) is 11.5 Å². The monoisotopic (exact) mass is 372 g/mol. The average Bonchev–Trinajstić information content (AvgIpc) is 2.67. The van der Waals surface area contributed by atoms with Crippen LogP contribution >= 0.6 is 12.2 Å². The number of nitrogens with one attached hydrogen (secondary N) is 1. The number of thiocarbonyl (C=S) groups is 1. The highest BCUT2D eigenvalue weighted by atomic mass is 32.1. The number of hydrogen-bond acceptors (Lipinski definition) is 4. The van der Waals surface area contributed by atoms with Crippen molar-refractivity contribution in [3.63, 3.8) is 0 Å². The van der Waals surface area contributed by atoms with Gasteiger partial charge in [0.1, 0.15) is 24.7 Å². The summed E-state index contributed by atoms with van der Waals surface area (Å²) < 4.78 is 11.2. The topological polar surface area (TPSA) is 50.8 Å². The number of carbonyl (C=O) groups excluding carboxylic acids is 1. The number of amides is 1. The molecule has 0 bridgehead atoms. The molecule has 0 heterocycles. The lowest BCUT2D eigenvalue weighted by Crippen LogP contribution is -2.42. The zero-order valence-electron chi connectivity index (χ0n) is 15.1. The van der Waals surface area contributed by atoms with Gasteiger partial charge in [-0.15, -0.1) is 0 Å². The number of carbonyl (C=O) groups is 1.